The first-order chi connectivity index (χ1) is 9.04. The van der Waals surface area contributed by atoms with Gasteiger partial charge in [0.1, 0.15) is 0 Å². The molecule has 0 aliphatic heterocycles. The summed E-state index contributed by atoms with van der Waals surface area (Å²) in [4.78, 5) is 0.171. The van der Waals surface area contributed by atoms with E-state index in [4.69, 9.17) is 4.55 Å². The Morgan fingerprint density at radius 1 is 1.00 bits per heavy atom. The predicted molar refractivity (Wildman–Crippen MR) is 78.2 cm³/mol. The number of hydrogen-bond acceptors (Lipinski definition) is 4. The Bertz CT molecular complexity index is 643. The average molecular weight is 320 g/mol. The van der Waals surface area contributed by atoms with Crippen LogP contribution in [0, 0.1) is 0 Å². The van der Waals surface area contributed by atoms with Crippen LogP contribution in [0.15, 0.2) is 29.2 Å². The molecule has 1 aromatic carbocycles. The van der Waals surface area contributed by atoms with Gasteiger partial charge >= 0.3 is 0 Å². The average Bonchev–Trinajstić information content (AvgIpc) is 2.35. The molecule has 1 N–H and O–H groups in total. The highest BCUT2D eigenvalue weighted by atomic mass is 32.2. The summed E-state index contributed by atoms with van der Waals surface area (Å²) in [5, 5.41) is -1.09. The molecule has 0 saturated heterocycles. The second-order valence-electron chi connectivity index (χ2n) is 5.16. The molecule has 5 nitrogen and oxygen atoms in total. The van der Waals surface area contributed by atoms with Crippen LogP contribution in [0.25, 0.3) is 0 Å². The van der Waals surface area contributed by atoms with Gasteiger partial charge in [-0.3, -0.25) is 4.55 Å². The molecule has 0 bridgehead atoms. The Morgan fingerprint density at radius 2 is 1.50 bits per heavy atom. The monoisotopic (exact) mass is 320 g/mol. The molecular weight excluding hydrogens is 300 g/mol. The fourth-order valence-corrected chi connectivity index (χ4v) is 3.66. The molecule has 0 heterocycles. The van der Waals surface area contributed by atoms with E-state index >= 15 is 0 Å². The normalized spacial score (nSPS) is 14.4. The minimum absolute atomic E-state index is 0.132. The first kappa shape index (κ1) is 17.1. The molecule has 20 heavy (non-hydrogen) atoms. The summed E-state index contributed by atoms with van der Waals surface area (Å²) >= 11 is 0. The van der Waals surface area contributed by atoms with Gasteiger partial charge in [0.15, 0.2) is 9.84 Å². The van der Waals surface area contributed by atoms with Gasteiger partial charge in [0, 0.05) is 0 Å². The van der Waals surface area contributed by atoms with Crippen molar-refractivity contribution in [1.82, 2.24) is 0 Å². The van der Waals surface area contributed by atoms with Crippen LogP contribution in [0.3, 0.4) is 0 Å². The van der Waals surface area contributed by atoms with Crippen molar-refractivity contribution in [2.75, 3.05) is 5.75 Å². The lowest BCUT2D eigenvalue weighted by Gasteiger charge is -2.10. The zero-order valence-electron chi connectivity index (χ0n) is 11.8. The van der Waals surface area contributed by atoms with Gasteiger partial charge in [0.2, 0.25) is 0 Å². The van der Waals surface area contributed by atoms with Crippen molar-refractivity contribution in [3.8, 4) is 0 Å². The Kier molecular flexibility index (Phi) is 5.34. The molecule has 0 fully saturated rings. The van der Waals surface area contributed by atoms with E-state index in [1.165, 1.54) is 19.1 Å². The highest BCUT2D eigenvalue weighted by Crippen LogP contribution is 2.19. The van der Waals surface area contributed by atoms with Crippen LogP contribution in [0.4, 0.5) is 0 Å². The van der Waals surface area contributed by atoms with Crippen molar-refractivity contribution in [1.29, 1.82) is 0 Å². The summed E-state index contributed by atoms with van der Waals surface area (Å²) in [6, 6.07) is 6.57. The van der Waals surface area contributed by atoms with Crippen LogP contribution in [-0.2, 0) is 20.0 Å². The number of hydrogen-bond donors (Lipinski definition) is 1. The first-order valence-electron chi connectivity index (χ1n) is 6.33. The van der Waals surface area contributed by atoms with Crippen molar-refractivity contribution in [2.24, 2.45) is 0 Å². The highest BCUT2D eigenvalue weighted by molar-refractivity contribution is 7.91. The van der Waals surface area contributed by atoms with Crippen LogP contribution >= 0.6 is 0 Å². The van der Waals surface area contributed by atoms with Crippen molar-refractivity contribution in [3.05, 3.63) is 29.8 Å². The number of sulfone groups is 1. The van der Waals surface area contributed by atoms with E-state index in [9.17, 15) is 16.8 Å². The molecule has 0 aromatic heterocycles. The summed E-state index contributed by atoms with van der Waals surface area (Å²) < 4.78 is 54.7. The summed E-state index contributed by atoms with van der Waals surface area (Å²) in [5.41, 5.74) is 1.04. The maximum Gasteiger partial charge on any atom is 0.267 e. The van der Waals surface area contributed by atoms with Gasteiger partial charge in [-0.25, -0.2) is 8.42 Å². The molecule has 114 valence electrons. The van der Waals surface area contributed by atoms with E-state index in [0.717, 1.165) is 5.56 Å². The van der Waals surface area contributed by atoms with Gasteiger partial charge in [-0.1, -0.05) is 26.0 Å². The Morgan fingerprint density at radius 3 is 1.90 bits per heavy atom. The third kappa shape index (κ3) is 4.57. The molecule has 0 radical (unpaired) electrons. The van der Waals surface area contributed by atoms with E-state index in [1.807, 2.05) is 13.8 Å². The third-order valence-electron chi connectivity index (χ3n) is 3.21. The molecule has 0 spiro atoms. The molecule has 1 rings (SSSR count). The van der Waals surface area contributed by atoms with Crippen molar-refractivity contribution in [3.63, 3.8) is 0 Å². The van der Waals surface area contributed by atoms with E-state index in [1.54, 1.807) is 12.1 Å². The Balaban J connectivity index is 2.84. The number of benzene rings is 1. The molecule has 7 heteroatoms. The zero-order valence-corrected chi connectivity index (χ0v) is 13.4. The van der Waals surface area contributed by atoms with Gasteiger partial charge in [0.05, 0.1) is 15.9 Å². The maximum absolute atomic E-state index is 12.1. The topological polar surface area (TPSA) is 88.5 Å². The third-order valence-corrected chi connectivity index (χ3v) is 6.22. The smallest absolute Gasteiger partial charge is 0.267 e. The number of rotatable bonds is 6. The summed E-state index contributed by atoms with van der Waals surface area (Å²) in [7, 11) is -7.72. The molecule has 0 saturated carbocycles. The van der Waals surface area contributed by atoms with Crippen LogP contribution in [0.5, 0.6) is 0 Å². The largest absolute Gasteiger partial charge is 0.285 e. The van der Waals surface area contributed by atoms with Crippen LogP contribution in [-0.4, -0.2) is 32.4 Å². The standard InChI is InChI=1S/C13H20O5S2/c1-10(2)12-4-6-13(7-5-12)19(14,15)9-8-11(3)20(16,17)18/h4-7,10-11H,8-9H2,1-3H3,(H,16,17,18). The van der Waals surface area contributed by atoms with Gasteiger partial charge in [-0.15, -0.1) is 0 Å². The minimum Gasteiger partial charge on any atom is -0.285 e. The lowest BCUT2D eigenvalue weighted by molar-refractivity contribution is 0.468. The molecule has 0 amide bonds. The van der Waals surface area contributed by atoms with Crippen molar-refractivity contribution < 1.29 is 21.4 Å². The second-order valence-corrected chi connectivity index (χ2v) is 9.10. The SMILES string of the molecule is CC(C)c1ccc(S(=O)(=O)CCC(C)S(=O)(=O)O)cc1. The van der Waals surface area contributed by atoms with Crippen molar-refractivity contribution >= 4 is 20.0 Å². The molecule has 1 atom stereocenters. The van der Waals surface area contributed by atoms with Gasteiger partial charge in [-0.2, -0.15) is 8.42 Å². The van der Waals surface area contributed by atoms with E-state index < -0.39 is 25.2 Å². The molecule has 1 aromatic rings. The molecule has 1 unspecified atom stereocenters. The van der Waals surface area contributed by atoms with E-state index in [-0.39, 0.29) is 17.1 Å². The van der Waals surface area contributed by atoms with Gasteiger partial charge in [-0.05, 0) is 37.0 Å². The maximum atomic E-state index is 12.1. The van der Waals surface area contributed by atoms with Crippen molar-refractivity contribution in [2.45, 2.75) is 43.3 Å². The Labute approximate surface area is 120 Å². The fourth-order valence-electron chi connectivity index (χ4n) is 1.65. The van der Waals surface area contributed by atoms with Crippen LogP contribution < -0.4 is 0 Å². The quantitative estimate of drug-likeness (QED) is 0.812. The van der Waals surface area contributed by atoms with Gasteiger partial charge < -0.3 is 0 Å². The van der Waals surface area contributed by atoms with Gasteiger partial charge in [0.25, 0.3) is 10.1 Å². The fraction of sp³-hybridized carbons (Fsp3) is 0.538. The van der Waals surface area contributed by atoms with Crippen LogP contribution in [0.1, 0.15) is 38.7 Å². The van der Waals surface area contributed by atoms with E-state index in [0.29, 0.717) is 5.92 Å². The lowest BCUT2D eigenvalue weighted by Crippen LogP contribution is -2.20. The Hall–Kier alpha value is -0.920. The molecule has 0 aliphatic carbocycles. The highest BCUT2D eigenvalue weighted by Gasteiger charge is 2.22. The summed E-state index contributed by atoms with van der Waals surface area (Å²) in [6.45, 7) is 5.31. The van der Waals surface area contributed by atoms with Crippen LogP contribution in [0.2, 0.25) is 0 Å². The second kappa shape index (κ2) is 6.24. The lowest BCUT2D eigenvalue weighted by atomic mass is 10.0. The predicted octanol–water partition coefficient (Wildman–Crippen LogP) is 2.25. The summed E-state index contributed by atoms with van der Waals surface area (Å²) in [5.74, 6) is 0.000863. The first-order valence-corrected chi connectivity index (χ1v) is 9.48. The molecular formula is C13H20O5S2. The van der Waals surface area contributed by atoms with E-state index in [2.05, 4.69) is 0 Å². The zero-order chi connectivity index (χ0) is 15.6. The molecule has 0 aliphatic rings. The summed E-state index contributed by atoms with van der Waals surface area (Å²) in [6.07, 6.45) is -0.132. The minimum atomic E-state index is -4.19.